The quantitative estimate of drug-likeness (QED) is 0.278. The number of Topliss-reactive ketones (excluding diaryl/α,β-unsaturated/α-hetero) is 1. The van der Waals surface area contributed by atoms with Crippen molar-refractivity contribution in [2.45, 2.75) is 95.6 Å². The first kappa shape index (κ1) is 25.3. The molecule has 12 unspecified atom stereocenters. The van der Waals surface area contributed by atoms with Crippen LogP contribution in [-0.2, 0) is 19.1 Å². The molecule has 4 aliphatic carbocycles. The van der Waals surface area contributed by atoms with E-state index in [1.165, 1.54) is 0 Å². The second-order valence-electron chi connectivity index (χ2n) is 12.1. The van der Waals surface area contributed by atoms with Crippen LogP contribution in [0.2, 0.25) is 0 Å². The van der Waals surface area contributed by atoms with E-state index in [0.717, 1.165) is 12.8 Å². The maximum atomic E-state index is 13.7. The van der Waals surface area contributed by atoms with Gasteiger partial charge in [0.1, 0.15) is 24.4 Å². The van der Waals surface area contributed by atoms with Gasteiger partial charge in [-0.2, -0.15) is 0 Å². The fraction of sp³-hybridized carbons (Fsp3) is 0.846. The molecular formula is C26H38O9. The maximum absolute atomic E-state index is 13.7. The summed E-state index contributed by atoms with van der Waals surface area (Å²) >= 11 is 0. The SMILES string of the molecule is C=C1C(=O)C23CCC4C(C)(C(=O)OC5OC(CO)C(O)C(O)C5O)CCCC4(C)C2CC(O)C1C3. The molecule has 5 aliphatic rings. The zero-order valence-corrected chi connectivity index (χ0v) is 20.4. The number of fused-ring (bicyclic) bond motifs is 3. The van der Waals surface area contributed by atoms with E-state index in [1.807, 2.05) is 6.92 Å². The molecule has 0 amide bonds. The molecule has 0 aromatic carbocycles. The Morgan fingerprint density at radius 1 is 1.09 bits per heavy atom. The van der Waals surface area contributed by atoms with Gasteiger partial charge in [-0.25, -0.2) is 0 Å². The monoisotopic (exact) mass is 494 g/mol. The molecule has 35 heavy (non-hydrogen) atoms. The number of hydrogen-bond acceptors (Lipinski definition) is 9. The lowest BCUT2D eigenvalue weighted by Gasteiger charge is -2.63. The van der Waals surface area contributed by atoms with E-state index in [-0.39, 0.29) is 29.0 Å². The van der Waals surface area contributed by atoms with Crippen molar-refractivity contribution in [3.05, 3.63) is 12.2 Å². The first-order valence-electron chi connectivity index (χ1n) is 12.8. The molecule has 1 aliphatic heterocycles. The first-order valence-corrected chi connectivity index (χ1v) is 12.8. The molecule has 5 N–H and O–H groups in total. The molecule has 1 heterocycles. The average Bonchev–Trinajstić information content (AvgIpc) is 3.03. The van der Waals surface area contributed by atoms with Crippen LogP contribution in [0.1, 0.15) is 58.8 Å². The van der Waals surface area contributed by atoms with Gasteiger partial charge in [0.2, 0.25) is 6.29 Å². The van der Waals surface area contributed by atoms with Crippen LogP contribution in [0.15, 0.2) is 12.2 Å². The van der Waals surface area contributed by atoms with E-state index in [0.29, 0.717) is 37.7 Å². The molecule has 0 aromatic heterocycles. The summed E-state index contributed by atoms with van der Waals surface area (Å²) in [5.41, 5.74) is -1.27. The molecule has 5 fully saturated rings. The van der Waals surface area contributed by atoms with E-state index in [9.17, 15) is 35.1 Å². The summed E-state index contributed by atoms with van der Waals surface area (Å²) in [6, 6.07) is 0. The second kappa shape index (κ2) is 8.33. The number of rotatable bonds is 3. The molecule has 12 atom stereocenters. The van der Waals surface area contributed by atoms with Crippen molar-refractivity contribution < 1.29 is 44.6 Å². The maximum Gasteiger partial charge on any atom is 0.314 e. The highest BCUT2D eigenvalue weighted by molar-refractivity contribution is 6.03. The zero-order valence-electron chi connectivity index (χ0n) is 20.4. The van der Waals surface area contributed by atoms with Crippen molar-refractivity contribution in [3.63, 3.8) is 0 Å². The van der Waals surface area contributed by atoms with Gasteiger partial charge < -0.3 is 35.0 Å². The molecule has 196 valence electrons. The number of ether oxygens (including phenoxy) is 2. The first-order chi connectivity index (χ1) is 16.4. The number of carbonyl (C=O) groups is 2. The standard InChI is InChI=1S/C26H38O9/c1-12-13-10-26(21(12)32)8-5-16-24(2,17(26)9-14(13)28)6-4-7-25(16,3)23(33)35-22-20(31)19(30)18(29)15(11-27)34-22/h13-20,22,27-31H,1,4-11H2,2-3H3. The summed E-state index contributed by atoms with van der Waals surface area (Å²) < 4.78 is 11.0. The highest BCUT2D eigenvalue weighted by Crippen LogP contribution is 2.71. The summed E-state index contributed by atoms with van der Waals surface area (Å²) in [5.74, 6) is -0.830. The highest BCUT2D eigenvalue weighted by Gasteiger charge is 2.69. The topological polar surface area (TPSA) is 154 Å². The van der Waals surface area contributed by atoms with Gasteiger partial charge in [-0.15, -0.1) is 0 Å². The lowest BCUT2D eigenvalue weighted by molar-refractivity contribution is -0.298. The summed E-state index contributed by atoms with van der Waals surface area (Å²) in [6.45, 7) is 7.41. The van der Waals surface area contributed by atoms with E-state index < -0.39 is 60.2 Å². The van der Waals surface area contributed by atoms with Gasteiger partial charge in [-0.05, 0) is 68.3 Å². The Balaban J connectivity index is 1.42. The Hall–Kier alpha value is -1.36. The molecule has 1 saturated heterocycles. The summed E-state index contributed by atoms with van der Waals surface area (Å²) in [7, 11) is 0. The van der Waals surface area contributed by atoms with E-state index in [2.05, 4.69) is 13.5 Å². The summed E-state index contributed by atoms with van der Waals surface area (Å²) in [6.07, 6.45) is -3.52. The average molecular weight is 495 g/mol. The lowest BCUT2D eigenvalue weighted by atomic mass is 9.40. The van der Waals surface area contributed by atoms with Crippen molar-refractivity contribution in [3.8, 4) is 0 Å². The number of hydrogen-bond donors (Lipinski definition) is 5. The molecule has 5 rings (SSSR count). The van der Waals surface area contributed by atoms with E-state index in [4.69, 9.17) is 9.47 Å². The minimum absolute atomic E-state index is 0.0635. The fourth-order valence-corrected chi connectivity index (χ4v) is 8.72. The third-order valence-corrected chi connectivity index (χ3v) is 10.6. The second-order valence-corrected chi connectivity index (χ2v) is 12.1. The van der Waals surface area contributed by atoms with Gasteiger partial charge in [0, 0.05) is 11.3 Å². The Labute approximate surface area is 205 Å². The summed E-state index contributed by atoms with van der Waals surface area (Å²) in [4.78, 5) is 27.1. The van der Waals surface area contributed by atoms with Crippen molar-refractivity contribution in [2.24, 2.45) is 34.0 Å². The predicted molar refractivity (Wildman–Crippen MR) is 121 cm³/mol. The van der Waals surface area contributed by atoms with Gasteiger partial charge in [0.25, 0.3) is 0 Å². The molecule has 9 nitrogen and oxygen atoms in total. The minimum atomic E-state index is -1.66. The van der Waals surface area contributed by atoms with Crippen LogP contribution in [0.3, 0.4) is 0 Å². The highest BCUT2D eigenvalue weighted by atomic mass is 16.7. The fourth-order valence-electron chi connectivity index (χ4n) is 8.72. The van der Waals surface area contributed by atoms with E-state index >= 15 is 0 Å². The van der Waals surface area contributed by atoms with E-state index in [1.54, 1.807) is 0 Å². The smallest absolute Gasteiger partial charge is 0.314 e. The van der Waals surface area contributed by atoms with Crippen LogP contribution in [0.4, 0.5) is 0 Å². The number of ketones is 1. The zero-order chi connectivity index (χ0) is 25.5. The summed E-state index contributed by atoms with van der Waals surface area (Å²) in [5, 5.41) is 50.9. The van der Waals surface area contributed by atoms with Crippen LogP contribution in [-0.4, -0.2) is 80.7 Å². The Morgan fingerprint density at radius 3 is 2.49 bits per heavy atom. The Morgan fingerprint density at radius 2 is 1.80 bits per heavy atom. The molecule has 1 spiro atoms. The van der Waals surface area contributed by atoms with Gasteiger partial charge in [0.05, 0.1) is 18.1 Å². The molecule has 0 radical (unpaired) electrons. The van der Waals surface area contributed by atoms with Crippen LogP contribution in [0.5, 0.6) is 0 Å². The van der Waals surface area contributed by atoms with Crippen molar-refractivity contribution in [1.29, 1.82) is 0 Å². The molecule has 2 bridgehead atoms. The minimum Gasteiger partial charge on any atom is -0.432 e. The van der Waals surface area contributed by atoms with Crippen LogP contribution in [0.25, 0.3) is 0 Å². The van der Waals surface area contributed by atoms with Crippen LogP contribution < -0.4 is 0 Å². The number of aliphatic hydroxyl groups is 5. The Bertz CT molecular complexity index is 918. The Kier molecular flexibility index (Phi) is 6.02. The lowest BCUT2D eigenvalue weighted by Crippen LogP contribution is -2.62. The van der Waals surface area contributed by atoms with Gasteiger partial charge >= 0.3 is 5.97 Å². The number of esters is 1. The van der Waals surface area contributed by atoms with Crippen molar-refractivity contribution in [1.82, 2.24) is 0 Å². The van der Waals surface area contributed by atoms with Gasteiger partial charge in [-0.1, -0.05) is 19.9 Å². The predicted octanol–water partition coefficient (Wildman–Crippen LogP) is 0.448. The molecule has 9 heteroatoms. The number of aliphatic hydroxyl groups excluding tert-OH is 5. The van der Waals surface area contributed by atoms with Crippen molar-refractivity contribution in [2.75, 3.05) is 6.61 Å². The third-order valence-electron chi connectivity index (χ3n) is 10.6. The molecular weight excluding hydrogens is 456 g/mol. The molecule has 4 saturated carbocycles. The van der Waals surface area contributed by atoms with Crippen LogP contribution in [0, 0.1) is 34.0 Å². The number of carbonyl (C=O) groups excluding carboxylic acids is 2. The van der Waals surface area contributed by atoms with Crippen molar-refractivity contribution >= 4 is 11.8 Å². The van der Waals surface area contributed by atoms with Crippen LogP contribution >= 0.6 is 0 Å². The van der Waals surface area contributed by atoms with Gasteiger partial charge in [-0.3, -0.25) is 9.59 Å². The molecule has 0 aromatic rings. The third kappa shape index (κ3) is 3.35. The normalized spacial score (nSPS) is 53.6. The van der Waals surface area contributed by atoms with Gasteiger partial charge in [0.15, 0.2) is 5.78 Å². The largest absolute Gasteiger partial charge is 0.432 e.